The van der Waals surface area contributed by atoms with E-state index in [1.807, 2.05) is 47.5 Å². The van der Waals surface area contributed by atoms with Crippen LogP contribution in [0.1, 0.15) is 35.0 Å². The van der Waals surface area contributed by atoms with Crippen LogP contribution in [0, 0.1) is 11.8 Å². The number of nitrogens with zero attached hydrogens (tertiary/aromatic N) is 2. The van der Waals surface area contributed by atoms with Crippen molar-refractivity contribution in [1.82, 2.24) is 4.90 Å². The zero-order valence-corrected chi connectivity index (χ0v) is 18.6. The van der Waals surface area contributed by atoms with Gasteiger partial charge in [-0.15, -0.1) is 11.3 Å². The van der Waals surface area contributed by atoms with Crippen LogP contribution < -0.4 is 4.90 Å². The summed E-state index contributed by atoms with van der Waals surface area (Å²) in [5.41, 5.74) is 3.04. The van der Waals surface area contributed by atoms with Crippen LogP contribution in [-0.4, -0.2) is 53.8 Å². The van der Waals surface area contributed by atoms with Crippen molar-refractivity contribution in [3.63, 3.8) is 0 Å². The van der Waals surface area contributed by atoms with Gasteiger partial charge in [0.15, 0.2) is 5.78 Å². The Kier molecular flexibility index (Phi) is 4.59. The molecule has 6 nitrogen and oxygen atoms in total. The first kappa shape index (κ1) is 19.9. The molecule has 4 aliphatic heterocycles. The van der Waals surface area contributed by atoms with Gasteiger partial charge < -0.3 is 9.64 Å². The van der Waals surface area contributed by atoms with Gasteiger partial charge in [-0.05, 0) is 42.9 Å². The van der Waals surface area contributed by atoms with E-state index < -0.39 is 17.9 Å². The van der Waals surface area contributed by atoms with Crippen molar-refractivity contribution < 1.29 is 19.1 Å². The predicted molar refractivity (Wildman–Crippen MR) is 121 cm³/mol. The summed E-state index contributed by atoms with van der Waals surface area (Å²) in [4.78, 5) is 45.0. The molecule has 5 atom stereocenters. The highest BCUT2D eigenvalue weighted by atomic mass is 32.1. The molecule has 6 rings (SSSR count). The SMILES string of the molecule is CC1=C[C@H]2[C@@H]3C(=O)N(C[C@@H]4CCCO4)C(=O)[C@@H]3[C@H](C(=O)c3cccs3)N2c2ccccc21. The molecule has 2 amide bonds. The molecule has 4 aliphatic rings. The summed E-state index contributed by atoms with van der Waals surface area (Å²) in [5.74, 6) is -1.72. The van der Waals surface area contributed by atoms with Crippen molar-refractivity contribution in [3.05, 3.63) is 58.3 Å². The number of likely N-dealkylation sites (tertiary alicyclic amines) is 1. The molecule has 3 saturated heterocycles. The molecule has 32 heavy (non-hydrogen) atoms. The van der Waals surface area contributed by atoms with Gasteiger partial charge in [-0.2, -0.15) is 0 Å². The van der Waals surface area contributed by atoms with E-state index in [-0.39, 0.29) is 36.3 Å². The third-order valence-corrected chi connectivity index (χ3v) is 8.17. The number of Topliss-reactive ketones (excluding diaryl/α,β-unsaturated/α-hetero) is 1. The molecule has 3 fully saturated rings. The van der Waals surface area contributed by atoms with Gasteiger partial charge >= 0.3 is 0 Å². The summed E-state index contributed by atoms with van der Waals surface area (Å²) in [6.07, 6.45) is 3.77. The fourth-order valence-corrected chi connectivity index (χ4v) is 6.59. The summed E-state index contributed by atoms with van der Waals surface area (Å²) in [5, 5.41) is 1.87. The first-order valence-corrected chi connectivity index (χ1v) is 12.0. The fraction of sp³-hybridized carbons (Fsp3) is 0.400. The smallest absolute Gasteiger partial charge is 0.235 e. The number of benzene rings is 1. The minimum absolute atomic E-state index is 0.0830. The summed E-state index contributed by atoms with van der Waals surface area (Å²) >= 11 is 1.38. The van der Waals surface area contributed by atoms with E-state index in [4.69, 9.17) is 4.74 Å². The normalized spacial score (nSPS) is 30.9. The zero-order valence-electron chi connectivity index (χ0n) is 17.8. The molecule has 0 aliphatic carbocycles. The number of rotatable bonds is 4. The number of para-hydroxylation sites is 1. The number of hydrogen-bond acceptors (Lipinski definition) is 6. The van der Waals surface area contributed by atoms with E-state index in [1.54, 1.807) is 6.07 Å². The lowest BCUT2D eigenvalue weighted by Crippen LogP contribution is -2.49. The van der Waals surface area contributed by atoms with Crippen molar-refractivity contribution in [3.8, 4) is 0 Å². The summed E-state index contributed by atoms with van der Waals surface area (Å²) in [6.45, 7) is 2.99. The van der Waals surface area contributed by atoms with Crippen molar-refractivity contribution >= 4 is 40.2 Å². The number of carbonyl (C=O) groups excluding carboxylic acids is 3. The van der Waals surface area contributed by atoms with Gasteiger partial charge in [-0.1, -0.05) is 30.3 Å². The van der Waals surface area contributed by atoms with Crippen LogP contribution in [0.3, 0.4) is 0 Å². The third kappa shape index (κ3) is 2.77. The second kappa shape index (κ2) is 7.39. The number of amides is 2. The van der Waals surface area contributed by atoms with Gasteiger partial charge in [0, 0.05) is 17.9 Å². The Hall–Kier alpha value is -2.77. The lowest BCUT2D eigenvalue weighted by molar-refractivity contribution is -0.142. The van der Waals surface area contributed by atoms with Gasteiger partial charge in [0.05, 0.1) is 35.4 Å². The van der Waals surface area contributed by atoms with Gasteiger partial charge in [-0.25, -0.2) is 0 Å². The molecule has 1 aromatic heterocycles. The third-order valence-electron chi connectivity index (χ3n) is 7.29. The average molecular weight is 449 g/mol. The van der Waals surface area contributed by atoms with Crippen LogP contribution in [-0.2, 0) is 14.3 Å². The van der Waals surface area contributed by atoms with Crippen LogP contribution in [0.5, 0.6) is 0 Å². The largest absolute Gasteiger partial charge is 0.376 e. The minimum Gasteiger partial charge on any atom is -0.376 e. The number of anilines is 1. The lowest BCUT2D eigenvalue weighted by atomic mass is 9.86. The number of allylic oxidation sites excluding steroid dienone is 1. The van der Waals surface area contributed by atoms with E-state index in [9.17, 15) is 14.4 Å². The Balaban J connectivity index is 1.45. The molecular formula is C25H24N2O4S. The maximum absolute atomic E-state index is 13.7. The van der Waals surface area contributed by atoms with Crippen LogP contribution in [0.4, 0.5) is 5.69 Å². The molecule has 0 unspecified atom stereocenters. The quantitative estimate of drug-likeness (QED) is 0.530. The van der Waals surface area contributed by atoms with Gasteiger partial charge in [-0.3, -0.25) is 19.3 Å². The highest BCUT2D eigenvalue weighted by Gasteiger charge is 2.64. The van der Waals surface area contributed by atoms with E-state index in [0.29, 0.717) is 11.5 Å². The standard InChI is InChI=1S/C25H24N2O4S/c1-14-12-18-20-21(25(30)26(24(20)29)13-15-6-4-10-31-15)22(23(28)19-9-5-11-32-19)27(18)17-8-3-2-7-16(14)17/h2-3,5,7-9,11-12,15,18,20-22H,4,6,10,13H2,1H3/t15-,18-,20-,21-,22+/m0/s1. The number of fused-ring (bicyclic) bond motifs is 5. The highest BCUT2D eigenvalue weighted by molar-refractivity contribution is 7.12. The Labute approximate surface area is 190 Å². The molecule has 0 N–H and O–H groups in total. The van der Waals surface area contributed by atoms with Gasteiger partial charge in [0.1, 0.15) is 6.04 Å². The average Bonchev–Trinajstić information content (AvgIpc) is 3.58. The van der Waals surface area contributed by atoms with Crippen LogP contribution in [0.2, 0.25) is 0 Å². The van der Waals surface area contributed by atoms with Crippen LogP contribution in [0.25, 0.3) is 5.57 Å². The molecule has 5 heterocycles. The molecule has 2 aromatic rings. The Morgan fingerprint density at radius 1 is 1.12 bits per heavy atom. The number of hydrogen-bond donors (Lipinski definition) is 0. The van der Waals surface area contributed by atoms with Crippen molar-refractivity contribution in [1.29, 1.82) is 0 Å². The van der Waals surface area contributed by atoms with Gasteiger partial charge in [0.2, 0.25) is 11.8 Å². The Bertz CT molecular complexity index is 1130. The molecule has 164 valence electrons. The number of imide groups is 1. The molecule has 1 aromatic carbocycles. The lowest BCUT2D eigenvalue weighted by Gasteiger charge is -2.38. The second-order valence-electron chi connectivity index (χ2n) is 9.02. The van der Waals surface area contributed by atoms with E-state index in [1.165, 1.54) is 16.2 Å². The first-order valence-electron chi connectivity index (χ1n) is 11.2. The number of ether oxygens (including phenoxy) is 1. The highest BCUT2D eigenvalue weighted by Crippen LogP contribution is 2.50. The molecule has 0 radical (unpaired) electrons. The Morgan fingerprint density at radius 3 is 2.69 bits per heavy atom. The van der Waals surface area contributed by atoms with Crippen LogP contribution in [0.15, 0.2) is 47.9 Å². The second-order valence-corrected chi connectivity index (χ2v) is 9.97. The molecule has 7 heteroatoms. The maximum atomic E-state index is 13.7. The molecule has 0 spiro atoms. The van der Waals surface area contributed by atoms with Crippen LogP contribution >= 0.6 is 11.3 Å². The maximum Gasteiger partial charge on any atom is 0.235 e. The van der Waals surface area contributed by atoms with E-state index in [0.717, 1.165) is 29.7 Å². The topological polar surface area (TPSA) is 66.9 Å². The molecule has 0 saturated carbocycles. The monoisotopic (exact) mass is 448 g/mol. The zero-order chi connectivity index (χ0) is 22.0. The Morgan fingerprint density at radius 2 is 1.94 bits per heavy atom. The molecular weight excluding hydrogens is 424 g/mol. The number of carbonyl (C=O) groups is 3. The van der Waals surface area contributed by atoms with Gasteiger partial charge in [0.25, 0.3) is 0 Å². The first-order chi connectivity index (χ1) is 15.6. The summed E-state index contributed by atoms with van der Waals surface area (Å²) in [7, 11) is 0. The summed E-state index contributed by atoms with van der Waals surface area (Å²) in [6, 6.07) is 10.6. The number of thiophene rings is 1. The number of ketones is 1. The van der Waals surface area contributed by atoms with Crippen molar-refractivity contribution in [2.75, 3.05) is 18.1 Å². The molecule has 0 bridgehead atoms. The minimum atomic E-state index is -0.694. The summed E-state index contributed by atoms with van der Waals surface area (Å²) < 4.78 is 5.70. The predicted octanol–water partition coefficient (Wildman–Crippen LogP) is 3.39. The van der Waals surface area contributed by atoms with E-state index in [2.05, 4.69) is 6.08 Å². The van der Waals surface area contributed by atoms with Crippen molar-refractivity contribution in [2.24, 2.45) is 11.8 Å². The van der Waals surface area contributed by atoms with E-state index >= 15 is 0 Å². The van der Waals surface area contributed by atoms with Crippen molar-refractivity contribution in [2.45, 2.75) is 38.0 Å². The fourth-order valence-electron chi connectivity index (χ4n) is 5.90.